The number of benzene rings is 2. The number of hydrogen-bond acceptors (Lipinski definition) is 2. The maximum absolute atomic E-state index is 13.0. The number of amides is 1. The van der Waals surface area contributed by atoms with E-state index in [1.165, 1.54) is 12.1 Å². The first-order chi connectivity index (χ1) is 10.1. The summed E-state index contributed by atoms with van der Waals surface area (Å²) in [5.74, 6) is -0.317. The lowest BCUT2D eigenvalue weighted by Crippen LogP contribution is -2.39. The molecule has 0 fully saturated rings. The summed E-state index contributed by atoms with van der Waals surface area (Å²) in [7, 11) is 0. The summed E-state index contributed by atoms with van der Waals surface area (Å²) in [5, 5.41) is 5.97. The van der Waals surface area contributed by atoms with Gasteiger partial charge >= 0.3 is 0 Å². The Hall–Kier alpha value is -2.20. The molecule has 0 spiro atoms. The molecule has 1 unspecified atom stereocenters. The van der Waals surface area contributed by atoms with Crippen LogP contribution in [0.1, 0.15) is 12.5 Å². The van der Waals surface area contributed by atoms with Gasteiger partial charge in [-0.25, -0.2) is 4.39 Å². The molecule has 0 bridgehead atoms. The predicted octanol–water partition coefficient (Wildman–Crippen LogP) is 2.99. The highest BCUT2D eigenvalue weighted by molar-refractivity contribution is 5.94. The first-order valence-electron chi connectivity index (χ1n) is 6.99. The molecule has 0 saturated heterocycles. The zero-order valence-corrected chi connectivity index (χ0v) is 12.0. The van der Waals surface area contributed by atoms with Gasteiger partial charge in [0.2, 0.25) is 5.91 Å². The molecule has 2 aromatic carbocycles. The Bertz CT molecular complexity index is 586. The summed E-state index contributed by atoms with van der Waals surface area (Å²) in [6.07, 6.45) is 0.681. The molecule has 3 nitrogen and oxygen atoms in total. The molecule has 1 atom stereocenters. The van der Waals surface area contributed by atoms with Crippen LogP contribution in [0.5, 0.6) is 0 Å². The molecule has 4 heteroatoms. The average Bonchev–Trinajstić information content (AvgIpc) is 2.48. The Kier molecular flexibility index (Phi) is 5.46. The van der Waals surface area contributed by atoms with Gasteiger partial charge in [-0.1, -0.05) is 30.3 Å². The van der Waals surface area contributed by atoms with E-state index in [0.717, 1.165) is 11.3 Å². The Morgan fingerprint density at radius 3 is 2.62 bits per heavy atom. The molecule has 2 N–H and O–H groups in total. The molecular weight excluding hydrogens is 267 g/mol. The van der Waals surface area contributed by atoms with Crippen molar-refractivity contribution in [2.24, 2.45) is 0 Å². The van der Waals surface area contributed by atoms with Gasteiger partial charge in [0.25, 0.3) is 0 Å². The van der Waals surface area contributed by atoms with Crippen LogP contribution in [0.15, 0.2) is 54.6 Å². The molecule has 0 aliphatic carbocycles. The van der Waals surface area contributed by atoms with E-state index in [-0.39, 0.29) is 17.8 Å². The van der Waals surface area contributed by atoms with Gasteiger partial charge in [-0.2, -0.15) is 0 Å². The fourth-order valence-electron chi connectivity index (χ4n) is 1.99. The summed E-state index contributed by atoms with van der Waals surface area (Å²) < 4.78 is 13.0. The van der Waals surface area contributed by atoms with Gasteiger partial charge in [-0.05, 0) is 49.7 Å². The van der Waals surface area contributed by atoms with Crippen molar-refractivity contribution in [2.75, 3.05) is 11.9 Å². The minimum Gasteiger partial charge on any atom is -0.325 e. The first kappa shape index (κ1) is 15.2. The second kappa shape index (κ2) is 7.55. The van der Waals surface area contributed by atoms with Gasteiger partial charge in [0.1, 0.15) is 5.82 Å². The van der Waals surface area contributed by atoms with Crippen LogP contribution in [0, 0.1) is 5.82 Å². The van der Waals surface area contributed by atoms with Gasteiger partial charge < -0.3 is 10.6 Å². The van der Waals surface area contributed by atoms with Gasteiger partial charge in [0.15, 0.2) is 0 Å². The molecule has 1 amide bonds. The highest BCUT2D eigenvalue weighted by Gasteiger charge is 2.11. The number of rotatable bonds is 6. The van der Waals surface area contributed by atoms with Crippen LogP contribution in [-0.4, -0.2) is 18.5 Å². The molecule has 2 rings (SSSR count). The van der Waals surface area contributed by atoms with E-state index in [0.29, 0.717) is 13.0 Å². The second-order valence-electron chi connectivity index (χ2n) is 4.91. The number of hydrogen-bond donors (Lipinski definition) is 2. The number of halogens is 1. The molecule has 21 heavy (non-hydrogen) atoms. The number of carbonyl (C=O) groups is 1. The van der Waals surface area contributed by atoms with E-state index < -0.39 is 0 Å². The normalized spacial score (nSPS) is 11.9. The first-order valence-corrected chi connectivity index (χ1v) is 6.99. The van der Waals surface area contributed by atoms with Crippen LogP contribution >= 0.6 is 0 Å². The van der Waals surface area contributed by atoms with Gasteiger partial charge in [-0.3, -0.25) is 4.79 Å². The third-order valence-corrected chi connectivity index (χ3v) is 3.19. The fraction of sp³-hybridized carbons (Fsp3) is 0.235. The Morgan fingerprint density at radius 1 is 1.14 bits per heavy atom. The fourth-order valence-corrected chi connectivity index (χ4v) is 1.99. The third-order valence-electron chi connectivity index (χ3n) is 3.19. The largest absolute Gasteiger partial charge is 0.325 e. The molecule has 0 aliphatic rings. The van der Waals surface area contributed by atoms with Crippen LogP contribution in [0.3, 0.4) is 0 Å². The van der Waals surface area contributed by atoms with E-state index in [1.54, 1.807) is 6.07 Å². The lowest BCUT2D eigenvalue weighted by molar-refractivity contribution is -0.117. The SMILES string of the molecule is CC(NCCc1cccc(F)c1)C(=O)Nc1ccccc1. The molecule has 0 heterocycles. The van der Waals surface area contributed by atoms with Crippen LogP contribution < -0.4 is 10.6 Å². The van der Waals surface area contributed by atoms with Crippen molar-refractivity contribution >= 4 is 11.6 Å². The van der Waals surface area contributed by atoms with Gasteiger partial charge in [-0.15, -0.1) is 0 Å². The molecule has 0 aliphatic heterocycles. The third kappa shape index (κ3) is 5.00. The topological polar surface area (TPSA) is 41.1 Å². The average molecular weight is 286 g/mol. The summed E-state index contributed by atoms with van der Waals surface area (Å²) in [5.41, 5.74) is 1.69. The zero-order chi connectivity index (χ0) is 15.1. The smallest absolute Gasteiger partial charge is 0.241 e. The van der Waals surface area contributed by atoms with Gasteiger partial charge in [0.05, 0.1) is 6.04 Å². The van der Waals surface area contributed by atoms with Crippen molar-refractivity contribution in [1.29, 1.82) is 0 Å². The molecular formula is C17H19FN2O. The standard InChI is InChI=1S/C17H19FN2O/c1-13(17(21)20-16-8-3-2-4-9-16)19-11-10-14-6-5-7-15(18)12-14/h2-9,12-13,19H,10-11H2,1H3,(H,20,21). The number of para-hydroxylation sites is 1. The molecule has 0 aromatic heterocycles. The maximum Gasteiger partial charge on any atom is 0.241 e. The van der Waals surface area contributed by atoms with E-state index in [4.69, 9.17) is 0 Å². The van der Waals surface area contributed by atoms with Crippen LogP contribution in [0.25, 0.3) is 0 Å². The molecule has 0 radical (unpaired) electrons. The van der Waals surface area contributed by atoms with E-state index in [1.807, 2.05) is 43.3 Å². The number of carbonyl (C=O) groups excluding carboxylic acids is 1. The Balaban J connectivity index is 1.76. The van der Waals surface area contributed by atoms with Crippen molar-refractivity contribution in [3.8, 4) is 0 Å². The molecule has 0 saturated carbocycles. The quantitative estimate of drug-likeness (QED) is 0.857. The van der Waals surface area contributed by atoms with Gasteiger partial charge in [0, 0.05) is 5.69 Å². The van der Waals surface area contributed by atoms with E-state index in [9.17, 15) is 9.18 Å². The zero-order valence-electron chi connectivity index (χ0n) is 12.0. The lowest BCUT2D eigenvalue weighted by atomic mass is 10.1. The summed E-state index contributed by atoms with van der Waals surface area (Å²) in [6, 6.07) is 15.5. The Labute approximate surface area is 124 Å². The second-order valence-corrected chi connectivity index (χ2v) is 4.91. The van der Waals surface area contributed by atoms with Crippen LogP contribution in [0.4, 0.5) is 10.1 Å². The van der Waals surface area contributed by atoms with Crippen molar-refractivity contribution in [3.63, 3.8) is 0 Å². The number of anilines is 1. The summed E-state index contributed by atoms with van der Waals surface area (Å²) >= 11 is 0. The van der Waals surface area contributed by atoms with Crippen molar-refractivity contribution in [3.05, 3.63) is 66.0 Å². The maximum atomic E-state index is 13.0. The van der Waals surface area contributed by atoms with Crippen LogP contribution in [-0.2, 0) is 11.2 Å². The Morgan fingerprint density at radius 2 is 1.90 bits per heavy atom. The minimum absolute atomic E-state index is 0.0829. The summed E-state index contributed by atoms with van der Waals surface area (Å²) in [4.78, 5) is 12.0. The van der Waals surface area contributed by atoms with Crippen molar-refractivity contribution in [1.82, 2.24) is 5.32 Å². The highest BCUT2D eigenvalue weighted by atomic mass is 19.1. The molecule has 2 aromatic rings. The van der Waals surface area contributed by atoms with Crippen LogP contribution in [0.2, 0.25) is 0 Å². The highest BCUT2D eigenvalue weighted by Crippen LogP contribution is 2.06. The van der Waals surface area contributed by atoms with Crippen molar-refractivity contribution < 1.29 is 9.18 Å². The minimum atomic E-state index is -0.307. The summed E-state index contributed by atoms with van der Waals surface area (Å²) in [6.45, 7) is 2.43. The molecule has 110 valence electrons. The van der Waals surface area contributed by atoms with E-state index in [2.05, 4.69) is 10.6 Å². The predicted molar refractivity (Wildman–Crippen MR) is 82.6 cm³/mol. The number of nitrogens with one attached hydrogen (secondary N) is 2. The monoisotopic (exact) mass is 286 g/mol. The lowest BCUT2D eigenvalue weighted by Gasteiger charge is -2.14. The van der Waals surface area contributed by atoms with E-state index >= 15 is 0 Å². The van der Waals surface area contributed by atoms with Crippen molar-refractivity contribution in [2.45, 2.75) is 19.4 Å².